The highest BCUT2D eigenvalue weighted by molar-refractivity contribution is 6.42. The summed E-state index contributed by atoms with van der Waals surface area (Å²) in [4.78, 5) is 27.5. The van der Waals surface area contributed by atoms with Crippen molar-refractivity contribution in [3.8, 4) is 0 Å². The van der Waals surface area contributed by atoms with Crippen LogP contribution in [-0.2, 0) is 22.6 Å². The lowest BCUT2D eigenvalue weighted by Crippen LogP contribution is -2.49. The van der Waals surface area contributed by atoms with Gasteiger partial charge in [-0.15, -0.1) is 0 Å². The molecule has 0 heterocycles. The summed E-state index contributed by atoms with van der Waals surface area (Å²) in [6.45, 7) is 5.81. The first-order chi connectivity index (χ1) is 14.1. The highest BCUT2D eigenvalue weighted by Gasteiger charge is 2.27. The molecule has 0 unspecified atom stereocenters. The molecule has 8 heteroatoms. The summed E-state index contributed by atoms with van der Waals surface area (Å²) in [6.07, 6.45) is 0.831. The molecule has 0 radical (unpaired) electrons. The summed E-state index contributed by atoms with van der Waals surface area (Å²) < 4.78 is 0. The van der Waals surface area contributed by atoms with Crippen LogP contribution in [0.2, 0.25) is 20.1 Å². The summed E-state index contributed by atoms with van der Waals surface area (Å²) in [5, 5.41) is 4.64. The van der Waals surface area contributed by atoms with E-state index in [1.54, 1.807) is 43.3 Å². The lowest BCUT2D eigenvalue weighted by atomic mass is 10.1. The SMILES string of the molecule is CC[C@H](C)NC(=O)[C@@H](C)N(Cc1ccc(Cl)c(Cl)c1)C(=O)Cc1ccc(Cl)cc1Cl. The minimum Gasteiger partial charge on any atom is -0.352 e. The third kappa shape index (κ3) is 6.78. The van der Waals surface area contributed by atoms with Crippen molar-refractivity contribution in [1.29, 1.82) is 0 Å². The summed E-state index contributed by atoms with van der Waals surface area (Å²) in [5.41, 5.74) is 1.41. The minimum atomic E-state index is -0.688. The highest BCUT2D eigenvalue weighted by Crippen LogP contribution is 2.25. The molecule has 0 spiro atoms. The van der Waals surface area contributed by atoms with Crippen molar-refractivity contribution in [2.75, 3.05) is 0 Å². The average molecular weight is 490 g/mol. The average Bonchev–Trinajstić information content (AvgIpc) is 2.70. The van der Waals surface area contributed by atoms with Crippen LogP contribution in [0.4, 0.5) is 0 Å². The molecule has 0 aliphatic heterocycles. The van der Waals surface area contributed by atoms with Gasteiger partial charge in [-0.3, -0.25) is 9.59 Å². The topological polar surface area (TPSA) is 49.4 Å². The molecule has 2 amide bonds. The van der Waals surface area contributed by atoms with Gasteiger partial charge in [0.1, 0.15) is 6.04 Å². The Hall–Kier alpha value is -1.46. The quantitative estimate of drug-likeness (QED) is 0.481. The monoisotopic (exact) mass is 488 g/mol. The smallest absolute Gasteiger partial charge is 0.242 e. The van der Waals surface area contributed by atoms with Gasteiger partial charge in [-0.2, -0.15) is 0 Å². The van der Waals surface area contributed by atoms with Crippen molar-refractivity contribution in [3.05, 3.63) is 67.6 Å². The van der Waals surface area contributed by atoms with Crippen molar-refractivity contribution in [2.24, 2.45) is 0 Å². The van der Waals surface area contributed by atoms with E-state index in [9.17, 15) is 9.59 Å². The van der Waals surface area contributed by atoms with Crippen LogP contribution in [0.3, 0.4) is 0 Å². The Morgan fingerprint density at radius 3 is 2.27 bits per heavy atom. The van der Waals surface area contributed by atoms with Gasteiger partial charge in [0.15, 0.2) is 0 Å². The van der Waals surface area contributed by atoms with Crippen LogP contribution in [0.1, 0.15) is 38.3 Å². The number of halogens is 4. The number of amides is 2. The molecular formula is C22H24Cl4N2O2. The van der Waals surface area contributed by atoms with E-state index in [1.807, 2.05) is 13.8 Å². The molecule has 2 aromatic rings. The first kappa shape index (κ1) is 24.8. The third-order valence-electron chi connectivity index (χ3n) is 4.86. The van der Waals surface area contributed by atoms with E-state index in [-0.39, 0.29) is 30.8 Å². The molecule has 0 aliphatic carbocycles. The van der Waals surface area contributed by atoms with Crippen molar-refractivity contribution >= 4 is 58.2 Å². The number of nitrogens with zero attached hydrogens (tertiary/aromatic N) is 1. The zero-order chi connectivity index (χ0) is 22.4. The largest absolute Gasteiger partial charge is 0.352 e. The zero-order valence-corrected chi connectivity index (χ0v) is 20.0. The summed E-state index contributed by atoms with van der Waals surface area (Å²) in [5.74, 6) is -0.461. The van der Waals surface area contributed by atoms with E-state index in [4.69, 9.17) is 46.4 Å². The normalized spacial score (nSPS) is 12.9. The molecule has 0 bridgehead atoms. The molecule has 30 heavy (non-hydrogen) atoms. The van der Waals surface area contributed by atoms with Gasteiger partial charge in [-0.1, -0.05) is 65.5 Å². The van der Waals surface area contributed by atoms with Gasteiger partial charge >= 0.3 is 0 Å². The van der Waals surface area contributed by atoms with Crippen LogP contribution in [0.25, 0.3) is 0 Å². The van der Waals surface area contributed by atoms with E-state index in [0.29, 0.717) is 25.7 Å². The molecule has 162 valence electrons. The van der Waals surface area contributed by atoms with E-state index in [2.05, 4.69) is 5.32 Å². The maximum Gasteiger partial charge on any atom is 0.242 e. The standard InChI is InChI=1S/C22H24Cl4N2O2/c1-4-13(2)27-22(30)14(3)28(12-15-5-8-18(24)20(26)9-15)21(29)10-16-6-7-17(23)11-19(16)25/h5-9,11,13-14H,4,10,12H2,1-3H3,(H,27,30)/t13-,14+/m0/s1. The fourth-order valence-electron chi connectivity index (χ4n) is 2.81. The van der Waals surface area contributed by atoms with Crippen molar-refractivity contribution in [1.82, 2.24) is 10.2 Å². The maximum absolute atomic E-state index is 13.2. The Morgan fingerprint density at radius 1 is 0.967 bits per heavy atom. The Labute approximate surface area is 197 Å². The first-order valence-electron chi connectivity index (χ1n) is 9.60. The second-order valence-electron chi connectivity index (χ2n) is 7.18. The molecule has 0 aromatic heterocycles. The lowest BCUT2D eigenvalue weighted by molar-refractivity contribution is -0.140. The van der Waals surface area contributed by atoms with Crippen LogP contribution in [0.15, 0.2) is 36.4 Å². The summed E-state index contributed by atoms with van der Waals surface area (Å²) in [6, 6.07) is 9.44. The van der Waals surface area contributed by atoms with Crippen molar-refractivity contribution in [3.63, 3.8) is 0 Å². The second kappa shape index (κ2) is 11.2. The fraction of sp³-hybridized carbons (Fsp3) is 0.364. The number of nitrogens with one attached hydrogen (secondary N) is 1. The third-order valence-corrected chi connectivity index (χ3v) is 6.19. The molecule has 0 fully saturated rings. The molecule has 0 saturated carbocycles. The summed E-state index contributed by atoms with van der Waals surface area (Å²) >= 11 is 24.3. The Balaban J connectivity index is 2.29. The Bertz CT molecular complexity index is 920. The Kier molecular flexibility index (Phi) is 9.30. The van der Waals surface area contributed by atoms with E-state index < -0.39 is 6.04 Å². The number of carbonyl (C=O) groups is 2. The minimum absolute atomic E-state index is 0.00703. The number of hydrogen-bond donors (Lipinski definition) is 1. The van der Waals surface area contributed by atoms with Gasteiger partial charge in [-0.25, -0.2) is 0 Å². The summed E-state index contributed by atoms with van der Waals surface area (Å²) in [7, 11) is 0. The van der Waals surface area contributed by atoms with Crippen molar-refractivity contribution in [2.45, 2.75) is 52.2 Å². The number of benzene rings is 2. The van der Waals surface area contributed by atoms with E-state index >= 15 is 0 Å². The number of carbonyl (C=O) groups excluding carboxylic acids is 2. The molecule has 4 nitrogen and oxygen atoms in total. The van der Waals surface area contributed by atoms with E-state index in [0.717, 1.165) is 12.0 Å². The second-order valence-corrected chi connectivity index (χ2v) is 8.83. The van der Waals surface area contributed by atoms with Crippen LogP contribution in [-0.4, -0.2) is 28.8 Å². The molecule has 2 atom stereocenters. The highest BCUT2D eigenvalue weighted by atomic mass is 35.5. The van der Waals surface area contributed by atoms with Crippen molar-refractivity contribution < 1.29 is 9.59 Å². The molecule has 0 aliphatic rings. The predicted octanol–water partition coefficient (Wildman–Crippen LogP) is 6.17. The van der Waals surface area contributed by atoms with Gasteiger partial charge in [0.2, 0.25) is 11.8 Å². The van der Waals surface area contributed by atoms with Gasteiger partial charge in [-0.05, 0) is 55.7 Å². The molecule has 2 aromatic carbocycles. The van der Waals surface area contributed by atoms with Crippen LogP contribution in [0, 0.1) is 0 Å². The molecule has 1 N–H and O–H groups in total. The van der Waals surface area contributed by atoms with Gasteiger partial charge in [0.25, 0.3) is 0 Å². The predicted molar refractivity (Wildman–Crippen MR) is 125 cm³/mol. The van der Waals surface area contributed by atoms with Gasteiger partial charge in [0.05, 0.1) is 16.5 Å². The fourth-order valence-corrected chi connectivity index (χ4v) is 3.61. The van der Waals surface area contributed by atoms with Crippen LogP contribution >= 0.6 is 46.4 Å². The van der Waals surface area contributed by atoms with Gasteiger partial charge < -0.3 is 10.2 Å². The van der Waals surface area contributed by atoms with Crippen LogP contribution < -0.4 is 5.32 Å². The lowest BCUT2D eigenvalue weighted by Gasteiger charge is -2.30. The molecular weight excluding hydrogens is 466 g/mol. The Morgan fingerprint density at radius 2 is 1.67 bits per heavy atom. The van der Waals surface area contributed by atoms with E-state index in [1.165, 1.54) is 4.90 Å². The molecule has 2 rings (SSSR count). The molecule has 0 saturated heterocycles. The first-order valence-corrected chi connectivity index (χ1v) is 11.1. The van der Waals surface area contributed by atoms with Gasteiger partial charge in [0, 0.05) is 22.6 Å². The van der Waals surface area contributed by atoms with Crippen LogP contribution in [0.5, 0.6) is 0 Å². The number of hydrogen-bond acceptors (Lipinski definition) is 2. The maximum atomic E-state index is 13.2. The number of rotatable bonds is 8. The zero-order valence-electron chi connectivity index (χ0n) is 17.0.